The summed E-state index contributed by atoms with van der Waals surface area (Å²) in [6, 6.07) is 7.53. The van der Waals surface area contributed by atoms with Crippen molar-refractivity contribution in [3.63, 3.8) is 0 Å². The van der Waals surface area contributed by atoms with Gasteiger partial charge < -0.3 is 19.7 Å². The zero-order valence-corrected chi connectivity index (χ0v) is 18.8. The van der Waals surface area contributed by atoms with Crippen LogP contribution in [0.1, 0.15) is 47.2 Å². The molecule has 5 nitrogen and oxygen atoms in total. The van der Waals surface area contributed by atoms with Crippen LogP contribution in [0.2, 0.25) is 0 Å². The zero-order valence-electron chi connectivity index (χ0n) is 17.9. The van der Waals surface area contributed by atoms with Crippen LogP contribution in [0.25, 0.3) is 17.0 Å². The third-order valence-electron chi connectivity index (χ3n) is 6.51. The van der Waals surface area contributed by atoms with Gasteiger partial charge in [-0.25, -0.2) is 13.6 Å². The van der Waals surface area contributed by atoms with Crippen LogP contribution < -0.4 is 4.74 Å². The smallest absolute Gasteiger partial charge is 0.336 e. The first-order valence-electron chi connectivity index (χ1n) is 10.9. The summed E-state index contributed by atoms with van der Waals surface area (Å²) >= 11 is 0. The molecule has 2 aliphatic rings. The van der Waals surface area contributed by atoms with Crippen molar-refractivity contribution in [2.75, 3.05) is 13.2 Å². The molecule has 1 saturated carbocycles. The minimum Gasteiger partial charge on any atom is -0.484 e. The molecular formula is C25H25ClF2N2O3. The molecule has 0 spiro atoms. The summed E-state index contributed by atoms with van der Waals surface area (Å²) in [5, 5.41) is 10.4. The van der Waals surface area contributed by atoms with Crippen molar-refractivity contribution in [2.45, 2.75) is 38.1 Å². The molecule has 0 radical (unpaired) electrons. The Bertz CT molecular complexity index is 1220. The highest BCUT2D eigenvalue weighted by Gasteiger charge is 2.30. The van der Waals surface area contributed by atoms with Crippen molar-refractivity contribution < 1.29 is 23.4 Å². The van der Waals surface area contributed by atoms with Crippen molar-refractivity contribution >= 4 is 35.4 Å². The fourth-order valence-corrected chi connectivity index (χ4v) is 4.63. The Morgan fingerprint density at radius 1 is 1.21 bits per heavy atom. The van der Waals surface area contributed by atoms with Crippen molar-refractivity contribution in [3.05, 3.63) is 70.6 Å². The highest BCUT2D eigenvalue weighted by atomic mass is 35.5. The monoisotopic (exact) mass is 474 g/mol. The standard InChI is InChI=1S/C25H24F2N2O3.ClH/c26-16-6-9-23-20(11-16)15(13-28-23)3-2-10-29(17-4-1-5-17)18-12-21-19(25(30)31)7-8-22(27)24(21)32-14-18;/h6-9,11-13,17,28H,1-5,10,14H2,(H,30,31);1H. The van der Waals surface area contributed by atoms with Crippen LogP contribution in [0.4, 0.5) is 8.78 Å². The number of ether oxygens (including phenoxy) is 1. The van der Waals surface area contributed by atoms with Crippen LogP contribution in [0.5, 0.6) is 5.75 Å². The second-order valence-electron chi connectivity index (χ2n) is 8.45. The summed E-state index contributed by atoms with van der Waals surface area (Å²) in [4.78, 5) is 17.1. The van der Waals surface area contributed by atoms with E-state index >= 15 is 0 Å². The number of carboxylic acid groups (broad SMARTS) is 1. The summed E-state index contributed by atoms with van der Waals surface area (Å²) in [5.74, 6) is -1.91. The highest BCUT2D eigenvalue weighted by molar-refractivity contribution is 5.94. The van der Waals surface area contributed by atoms with E-state index in [0.717, 1.165) is 66.9 Å². The number of hydrogen-bond donors (Lipinski definition) is 2. The second-order valence-corrected chi connectivity index (χ2v) is 8.45. The third kappa shape index (κ3) is 4.42. The predicted octanol–water partition coefficient (Wildman–Crippen LogP) is 5.79. The van der Waals surface area contributed by atoms with E-state index in [1.165, 1.54) is 12.1 Å². The van der Waals surface area contributed by atoms with E-state index in [4.69, 9.17) is 4.74 Å². The number of nitrogens with one attached hydrogen (secondary N) is 1. The molecule has 1 aromatic heterocycles. The maximum atomic E-state index is 14.2. The molecule has 33 heavy (non-hydrogen) atoms. The van der Waals surface area contributed by atoms with E-state index in [1.807, 2.05) is 6.20 Å². The zero-order chi connectivity index (χ0) is 22.2. The van der Waals surface area contributed by atoms with Crippen molar-refractivity contribution in [1.82, 2.24) is 9.88 Å². The molecule has 8 heteroatoms. The van der Waals surface area contributed by atoms with Crippen molar-refractivity contribution in [1.29, 1.82) is 0 Å². The number of nitrogens with zero attached hydrogens (tertiary/aromatic N) is 1. The number of fused-ring (bicyclic) bond motifs is 2. The van der Waals surface area contributed by atoms with Crippen LogP contribution in [0.3, 0.4) is 0 Å². The second kappa shape index (κ2) is 9.43. The normalized spacial score (nSPS) is 15.2. The molecular weight excluding hydrogens is 450 g/mol. The van der Waals surface area contributed by atoms with E-state index < -0.39 is 11.8 Å². The summed E-state index contributed by atoms with van der Waals surface area (Å²) < 4.78 is 33.6. The maximum absolute atomic E-state index is 14.2. The molecule has 0 bridgehead atoms. The molecule has 5 rings (SSSR count). The van der Waals surface area contributed by atoms with Gasteiger partial charge in [-0.1, -0.05) is 0 Å². The van der Waals surface area contributed by atoms with E-state index in [9.17, 15) is 18.7 Å². The van der Waals surface area contributed by atoms with Gasteiger partial charge in [0.2, 0.25) is 0 Å². The lowest BCUT2D eigenvalue weighted by atomic mass is 9.90. The number of rotatable bonds is 7. The molecule has 2 aromatic carbocycles. The van der Waals surface area contributed by atoms with Crippen molar-refractivity contribution in [3.8, 4) is 5.75 Å². The van der Waals surface area contributed by atoms with Gasteiger partial charge in [0.15, 0.2) is 11.6 Å². The molecule has 1 fully saturated rings. The van der Waals surface area contributed by atoms with E-state index in [1.54, 1.807) is 18.2 Å². The maximum Gasteiger partial charge on any atom is 0.336 e. The molecule has 0 amide bonds. The molecule has 1 aliphatic heterocycles. The average molecular weight is 475 g/mol. The molecule has 0 atom stereocenters. The van der Waals surface area contributed by atoms with Gasteiger partial charge in [0.1, 0.15) is 12.4 Å². The molecule has 0 unspecified atom stereocenters. The summed E-state index contributed by atoms with van der Waals surface area (Å²) in [6.07, 6.45) is 8.62. The number of H-pyrrole nitrogens is 1. The lowest BCUT2D eigenvalue weighted by molar-refractivity contribution is 0.0695. The summed E-state index contributed by atoms with van der Waals surface area (Å²) in [6.45, 7) is 0.969. The number of benzene rings is 2. The Labute approximate surface area is 196 Å². The molecule has 1 aliphatic carbocycles. The molecule has 174 valence electrons. The Balaban J connectivity index is 0.00000259. The van der Waals surface area contributed by atoms with Gasteiger partial charge in [-0.2, -0.15) is 0 Å². The fraction of sp³-hybridized carbons (Fsp3) is 0.320. The van der Waals surface area contributed by atoms with Gasteiger partial charge in [-0.15, -0.1) is 12.4 Å². The number of halogens is 3. The van der Waals surface area contributed by atoms with E-state index in [0.29, 0.717) is 6.04 Å². The Morgan fingerprint density at radius 3 is 2.76 bits per heavy atom. The molecule has 0 saturated heterocycles. The summed E-state index contributed by atoms with van der Waals surface area (Å²) in [7, 11) is 0. The van der Waals surface area contributed by atoms with Crippen LogP contribution in [0.15, 0.2) is 42.2 Å². The van der Waals surface area contributed by atoms with Gasteiger partial charge in [0, 0.05) is 35.2 Å². The van der Waals surface area contributed by atoms with Gasteiger partial charge in [-0.3, -0.25) is 0 Å². The number of aromatic carboxylic acids is 1. The quantitative estimate of drug-likeness (QED) is 0.455. The van der Waals surface area contributed by atoms with Crippen LogP contribution in [-0.2, 0) is 6.42 Å². The Hall–Kier alpha value is -3.06. The first-order valence-corrected chi connectivity index (χ1v) is 10.9. The van der Waals surface area contributed by atoms with Crippen LogP contribution >= 0.6 is 12.4 Å². The number of carboxylic acids is 1. The topological polar surface area (TPSA) is 65.6 Å². The minimum absolute atomic E-state index is 0. The molecule has 2 heterocycles. The third-order valence-corrected chi connectivity index (χ3v) is 6.51. The molecule has 2 N–H and O–H groups in total. The first kappa shape index (κ1) is 23.1. The Morgan fingerprint density at radius 2 is 2.03 bits per heavy atom. The minimum atomic E-state index is -1.11. The van der Waals surface area contributed by atoms with Gasteiger partial charge in [0.05, 0.1) is 11.3 Å². The van der Waals surface area contributed by atoms with E-state index in [2.05, 4.69) is 9.88 Å². The largest absolute Gasteiger partial charge is 0.484 e. The van der Waals surface area contributed by atoms with E-state index in [-0.39, 0.29) is 41.7 Å². The van der Waals surface area contributed by atoms with Gasteiger partial charge in [-0.05, 0) is 74.1 Å². The number of aromatic nitrogens is 1. The lowest BCUT2D eigenvalue weighted by Crippen LogP contribution is -2.42. The number of aromatic amines is 1. The number of hydrogen-bond acceptors (Lipinski definition) is 3. The predicted molar refractivity (Wildman–Crippen MR) is 125 cm³/mol. The first-order chi connectivity index (χ1) is 15.5. The van der Waals surface area contributed by atoms with Crippen LogP contribution in [0, 0.1) is 11.6 Å². The van der Waals surface area contributed by atoms with Gasteiger partial charge in [0.25, 0.3) is 0 Å². The lowest BCUT2D eigenvalue weighted by Gasteiger charge is -2.41. The highest BCUT2D eigenvalue weighted by Crippen LogP contribution is 2.36. The SMILES string of the molecule is Cl.O=C(O)c1ccc(F)c2c1C=C(N(CCCc1c[nH]c3ccc(F)cc13)C1CCC1)CO2. The summed E-state index contributed by atoms with van der Waals surface area (Å²) in [5.41, 5.74) is 3.19. The Kier molecular flexibility index (Phi) is 6.61. The van der Waals surface area contributed by atoms with Crippen LogP contribution in [-0.4, -0.2) is 40.2 Å². The van der Waals surface area contributed by atoms with Crippen molar-refractivity contribution in [2.24, 2.45) is 0 Å². The average Bonchev–Trinajstić information content (AvgIpc) is 3.13. The number of carbonyl (C=O) groups is 1. The fourth-order valence-electron chi connectivity index (χ4n) is 4.63. The number of aryl methyl sites for hydroxylation is 1. The van der Waals surface area contributed by atoms with Gasteiger partial charge >= 0.3 is 5.97 Å². The molecule has 3 aromatic rings.